The Balaban J connectivity index is 2.87. The Bertz CT molecular complexity index is 556. The van der Waals surface area contributed by atoms with Crippen molar-refractivity contribution in [1.29, 1.82) is 0 Å². The monoisotopic (exact) mass is 350 g/mol. The molecule has 0 spiro atoms. The first-order chi connectivity index (χ1) is 8.15. The van der Waals surface area contributed by atoms with E-state index in [1.54, 1.807) is 26.0 Å². The lowest BCUT2D eigenvalue weighted by Crippen LogP contribution is -2.41. The highest BCUT2D eigenvalue weighted by molar-refractivity contribution is 9.10. The average molecular weight is 351 g/mol. The Kier molecular flexibility index (Phi) is 4.88. The molecule has 1 rings (SSSR count). The third-order valence-electron chi connectivity index (χ3n) is 2.48. The Morgan fingerprint density at radius 1 is 1.50 bits per heavy atom. The van der Waals surface area contributed by atoms with E-state index in [1.807, 2.05) is 0 Å². The highest BCUT2D eigenvalue weighted by atomic mass is 79.9. The van der Waals surface area contributed by atoms with Crippen molar-refractivity contribution in [3.8, 4) is 0 Å². The van der Waals surface area contributed by atoms with Gasteiger partial charge in [0.25, 0.3) is 0 Å². The molecule has 0 saturated heterocycles. The number of rotatable bonds is 5. The molecular weight excluding hydrogens is 336 g/mol. The lowest BCUT2D eigenvalue weighted by molar-refractivity contribution is 0.501. The Hall–Kier alpha value is -0.500. The van der Waals surface area contributed by atoms with Gasteiger partial charge in [0.05, 0.1) is 9.88 Å². The van der Waals surface area contributed by atoms with Crippen molar-refractivity contribution in [1.82, 2.24) is 4.72 Å². The Morgan fingerprint density at radius 2 is 2.11 bits per heavy atom. The van der Waals surface area contributed by atoms with Gasteiger partial charge in [0.2, 0.25) is 10.0 Å². The van der Waals surface area contributed by atoms with Crippen LogP contribution in [0.5, 0.6) is 0 Å². The molecule has 0 bridgehead atoms. The quantitative estimate of drug-likeness (QED) is 0.797. The summed E-state index contributed by atoms with van der Waals surface area (Å²) in [6, 6.07) is 6.49. The maximum absolute atomic E-state index is 12.0. The zero-order valence-corrected chi connectivity index (χ0v) is 13.3. The molecule has 0 aliphatic rings. The van der Waals surface area contributed by atoms with Gasteiger partial charge in [-0.25, -0.2) is 13.1 Å². The molecule has 0 aliphatic heterocycles. The van der Waals surface area contributed by atoms with Crippen LogP contribution in [0.3, 0.4) is 0 Å². The molecule has 0 unspecified atom stereocenters. The molecular formula is C11H15BrN2O2S2. The van der Waals surface area contributed by atoms with Crippen LogP contribution in [0.15, 0.2) is 33.6 Å². The van der Waals surface area contributed by atoms with Gasteiger partial charge in [-0.05, 0) is 18.2 Å². The van der Waals surface area contributed by atoms with Crippen LogP contribution in [0, 0.1) is 5.41 Å². The molecule has 7 heteroatoms. The molecule has 0 saturated carbocycles. The van der Waals surface area contributed by atoms with Crippen LogP contribution < -0.4 is 10.5 Å². The molecule has 0 heterocycles. The standard InChI is InChI=1S/C11H15BrN2O2S2/c1-11(2,10(13)17)7-14-18(15,16)9-5-3-4-8(12)6-9/h3-6,14H,7H2,1-2H3,(H2,13,17). The van der Waals surface area contributed by atoms with E-state index in [2.05, 4.69) is 20.7 Å². The largest absolute Gasteiger partial charge is 0.393 e. The van der Waals surface area contributed by atoms with E-state index >= 15 is 0 Å². The second-order valence-electron chi connectivity index (χ2n) is 4.53. The van der Waals surface area contributed by atoms with Gasteiger partial charge in [-0.2, -0.15) is 0 Å². The van der Waals surface area contributed by atoms with E-state index in [0.29, 0.717) is 4.47 Å². The Labute approximate surface area is 121 Å². The van der Waals surface area contributed by atoms with E-state index in [4.69, 9.17) is 18.0 Å². The minimum absolute atomic E-state index is 0.164. The topological polar surface area (TPSA) is 72.2 Å². The molecule has 0 atom stereocenters. The van der Waals surface area contributed by atoms with Crippen molar-refractivity contribution < 1.29 is 8.42 Å². The van der Waals surface area contributed by atoms with Crippen LogP contribution in [0.1, 0.15) is 13.8 Å². The lowest BCUT2D eigenvalue weighted by Gasteiger charge is -2.23. The first-order valence-electron chi connectivity index (χ1n) is 5.20. The molecule has 0 amide bonds. The van der Waals surface area contributed by atoms with Gasteiger partial charge in [-0.1, -0.05) is 48.1 Å². The van der Waals surface area contributed by atoms with Gasteiger partial charge in [0.1, 0.15) is 0 Å². The zero-order valence-electron chi connectivity index (χ0n) is 10.1. The summed E-state index contributed by atoms with van der Waals surface area (Å²) >= 11 is 8.13. The van der Waals surface area contributed by atoms with E-state index in [9.17, 15) is 8.42 Å². The van der Waals surface area contributed by atoms with Gasteiger partial charge < -0.3 is 5.73 Å². The van der Waals surface area contributed by atoms with Gasteiger partial charge in [-0.3, -0.25) is 0 Å². The van der Waals surface area contributed by atoms with E-state index in [-0.39, 0.29) is 16.4 Å². The van der Waals surface area contributed by atoms with Crippen molar-refractivity contribution in [3.05, 3.63) is 28.7 Å². The summed E-state index contributed by atoms with van der Waals surface area (Å²) in [6.45, 7) is 3.74. The smallest absolute Gasteiger partial charge is 0.240 e. The van der Waals surface area contributed by atoms with Gasteiger partial charge >= 0.3 is 0 Å². The maximum Gasteiger partial charge on any atom is 0.240 e. The summed E-state index contributed by atoms with van der Waals surface area (Å²) in [5.74, 6) is 0. The Morgan fingerprint density at radius 3 is 2.61 bits per heavy atom. The van der Waals surface area contributed by atoms with Crippen LogP contribution in [0.25, 0.3) is 0 Å². The normalized spacial score (nSPS) is 12.4. The minimum Gasteiger partial charge on any atom is -0.393 e. The molecule has 0 fully saturated rings. The van der Waals surface area contributed by atoms with Crippen LogP contribution in [-0.4, -0.2) is 20.0 Å². The number of hydrogen-bond donors (Lipinski definition) is 2. The number of benzene rings is 1. The number of sulfonamides is 1. The summed E-state index contributed by atoms with van der Waals surface area (Å²) in [5.41, 5.74) is 4.99. The lowest BCUT2D eigenvalue weighted by atomic mass is 9.94. The first-order valence-corrected chi connectivity index (χ1v) is 7.89. The highest BCUT2D eigenvalue weighted by Gasteiger charge is 2.24. The van der Waals surface area contributed by atoms with Gasteiger partial charge in [-0.15, -0.1) is 0 Å². The molecule has 1 aromatic rings. The fourth-order valence-corrected chi connectivity index (χ4v) is 2.96. The van der Waals surface area contributed by atoms with Crippen LogP contribution in [0.2, 0.25) is 0 Å². The number of nitrogens with one attached hydrogen (secondary N) is 1. The predicted molar refractivity (Wildman–Crippen MR) is 79.9 cm³/mol. The maximum atomic E-state index is 12.0. The molecule has 1 aromatic carbocycles. The number of nitrogens with two attached hydrogens (primary N) is 1. The highest BCUT2D eigenvalue weighted by Crippen LogP contribution is 2.18. The fraction of sp³-hybridized carbons (Fsp3) is 0.364. The summed E-state index contributed by atoms with van der Waals surface area (Å²) in [6.07, 6.45) is 0. The average Bonchev–Trinajstić information content (AvgIpc) is 2.26. The molecule has 100 valence electrons. The predicted octanol–water partition coefficient (Wildman–Crippen LogP) is 2.04. The summed E-state index contributed by atoms with van der Waals surface area (Å²) in [7, 11) is -3.54. The van der Waals surface area contributed by atoms with Gasteiger partial charge in [0, 0.05) is 16.4 Å². The third-order valence-corrected chi connectivity index (χ3v) is 4.92. The molecule has 0 aromatic heterocycles. The van der Waals surface area contributed by atoms with Crippen LogP contribution in [-0.2, 0) is 10.0 Å². The SMILES string of the molecule is CC(C)(CNS(=O)(=O)c1cccc(Br)c1)C(N)=S. The van der Waals surface area contributed by atoms with Crippen LogP contribution in [0.4, 0.5) is 0 Å². The summed E-state index contributed by atoms with van der Waals surface area (Å²) < 4.78 is 27.3. The van der Waals surface area contributed by atoms with Crippen LogP contribution >= 0.6 is 28.1 Å². The summed E-state index contributed by atoms with van der Waals surface area (Å²) in [4.78, 5) is 0.482. The second kappa shape index (κ2) is 5.64. The van der Waals surface area contributed by atoms with E-state index in [0.717, 1.165) is 0 Å². The van der Waals surface area contributed by atoms with E-state index < -0.39 is 15.4 Å². The van der Waals surface area contributed by atoms with Crippen molar-refractivity contribution in [2.24, 2.45) is 11.1 Å². The first kappa shape index (κ1) is 15.6. The molecule has 0 aliphatic carbocycles. The molecule has 4 nitrogen and oxygen atoms in total. The van der Waals surface area contributed by atoms with Crippen molar-refractivity contribution in [2.45, 2.75) is 18.7 Å². The summed E-state index contributed by atoms with van der Waals surface area (Å²) in [5, 5.41) is 0. The van der Waals surface area contributed by atoms with Crippen molar-refractivity contribution in [2.75, 3.05) is 6.54 Å². The van der Waals surface area contributed by atoms with Crippen molar-refractivity contribution in [3.63, 3.8) is 0 Å². The van der Waals surface area contributed by atoms with Crippen molar-refractivity contribution >= 4 is 43.2 Å². The molecule has 0 radical (unpaired) electrons. The molecule has 3 N–H and O–H groups in total. The number of halogens is 1. The minimum atomic E-state index is -3.54. The number of hydrogen-bond acceptors (Lipinski definition) is 3. The van der Waals surface area contributed by atoms with E-state index in [1.165, 1.54) is 12.1 Å². The molecule has 18 heavy (non-hydrogen) atoms. The number of thiocarbonyl (C=S) groups is 1. The van der Waals surface area contributed by atoms with Gasteiger partial charge in [0.15, 0.2) is 0 Å². The fourth-order valence-electron chi connectivity index (χ4n) is 1.08. The third kappa shape index (κ3) is 4.01. The zero-order chi connectivity index (χ0) is 14.0. The second-order valence-corrected chi connectivity index (χ2v) is 7.65.